The zero-order valence-corrected chi connectivity index (χ0v) is 22.0. The lowest BCUT2D eigenvalue weighted by molar-refractivity contribution is -0.148. The summed E-state index contributed by atoms with van der Waals surface area (Å²) in [5.74, 6) is 0.383. The number of carbonyl (C=O) groups is 2. The number of nitrogens with one attached hydrogen (secondary N) is 1. The van der Waals surface area contributed by atoms with Crippen LogP contribution in [0.5, 0.6) is 17.2 Å². The van der Waals surface area contributed by atoms with Gasteiger partial charge in [0.1, 0.15) is 17.2 Å². The highest BCUT2D eigenvalue weighted by molar-refractivity contribution is 7.92. The van der Waals surface area contributed by atoms with Crippen LogP contribution in [0.1, 0.15) is 12.5 Å². The Bertz CT molecular complexity index is 1420. The molecule has 4 rings (SSSR count). The molecule has 0 radical (unpaired) electrons. The lowest BCUT2D eigenvalue weighted by Gasteiger charge is -2.33. The average molecular weight is 541 g/mol. The number of anilines is 2. The van der Waals surface area contributed by atoms with Gasteiger partial charge in [-0.2, -0.15) is 0 Å². The first-order chi connectivity index (χ1) is 18.2. The predicted molar refractivity (Wildman–Crippen MR) is 140 cm³/mol. The fraction of sp³-hybridized carbons (Fsp3) is 0.259. The minimum Gasteiger partial charge on any atom is -0.494 e. The Morgan fingerprint density at radius 1 is 1.05 bits per heavy atom. The number of aryl methyl sites for hydroxylation is 1. The third-order valence-corrected chi connectivity index (χ3v) is 7.14. The summed E-state index contributed by atoms with van der Waals surface area (Å²) in [6.07, 6.45) is -0.965. The Balaban J connectivity index is 1.44. The summed E-state index contributed by atoms with van der Waals surface area (Å²) in [4.78, 5) is 26.6. The molecule has 1 heterocycles. The van der Waals surface area contributed by atoms with Crippen molar-refractivity contribution in [3.8, 4) is 17.2 Å². The topological polar surface area (TPSA) is 120 Å². The summed E-state index contributed by atoms with van der Waals surface area (Å²) >= 11 is 0. The Hall–Kier alpha value is -4.25. The van der Waals surface area contributed by atoms with Crippen LogP contribution in [0.4, 0.5) is 11.4 Å². The van der Waals surface area contributed by atoms with Gasteiger partial charge in [0.05, 0.1) is 30.8 Å². The number of rotatable bonds is 9. The molecular formula is C27H28N2O8S. The second-order valence-electron chi connectivity index (χ2n) is 8.38. The molecular weight excluding hydrogens is 512 g/mol. The Kier molecular flexibility index (Phi) is 8.06. The SMILES string of the molecule is CCOc1ccc(NS(=O)(=O)c2ccc(OCC(=O)N3CC(C(=O)OC)Oc4ccccc43)c(C)c2)cc1. The summed E-state index contributed by atoms with van der Waals surface area (Å²) in [5.41, 5.74) is 1.44. The molecule has 1 aliphatic rings. The van der Waals surface area contributed by atoms with Gasteiger partial charge in [-0.05, 0) is 74.0 Å². The number of methoxy groups -OCH3 is 1. The second-order valence-corrected chi connectivity index (χ2v) is 10.1. The van der Waals surface area contributed by atoms with Crippen molar-refractivity contribution in [3.63, 3.8) is 0 Å². The number of ether oxygens (including phenoxy) is 4. The van der Waals surface area contributed by atoms with Crippen molar-refractivity contribution in [3.05, 3.63) is 72.3 Å². The van der Waals surface area contributed by atoms with Crippen molar-refractivity contribution in [1.29, 1.82) is 0 Å². The number of esters is 1. The van der Waals surface area contributed by atoms with Gasteiger partial charge in [-0.3, -0.25) is 9.52 Å². The van der Waals surface area contributed by atoms with Gasteiger partial charge in [-0.1, -0.05) is 12.1 Å². The predicted octanol–water partition coefficient (Wildman–Crippen LogP) is 3.54. The first kappa shape index (κ1) is 26.8. The summed E-state index contributed by atoms with van der Waals surface area (Å²) in [6, 6.07) is 17.8. The number of hydrogen-bond acceptors (Lipinski definition) is 8. The highest BCUT2D eigenvalue weighted by Gasteiger charge is 2.34. The molecule has 1 N–H and O–H groups in total. The maximum atomic E-state index is 13.1. The highest BCUT2D eigenvalue weighted by atomic mass is 32.2. The fourth-order valence-electron chi connectivity index (χ4n) is 3.89. The first-order valence-electron chi connectivity index (χ1n) is 11.8. The maximum absolute atomic E-state index is 13.1. The van der Waals surface area contributed by atoms with E-state index in [1.54, 1.807) is 55.5 Å². The molecule has 3 aromatic rings. The standard InChI is InChI=1S/C27H28N2O8S/c1-4-35-20-11-9-19(10-12-20)28-38(32,33)21-13-14-23(18(2)15-21)36-17-26(30)29-16-25(27(31)34-3)37-24-8-6-5-7-22(24)29/h5-15,25,28H,4,16-17H2,1-3H3. The number of benzene rings is 3. The molecule has 11 heteroatoms. The third-order valence-electron chi connectivity index (χ3n) is 5.76. The van der Waals surface area contributed by atoms with Crippen molar-refractivity contribution in [2.24, 2.45) is 0 Å². The molecule has 200 valence electrons. The van der Waals surface area contributed by atoms with Gasteiger partial charge >= 0.3 is 5.97 Å². The minimum absolute atomic E-state index is 0.0285. The summed E-state index contributed by atoms with van der Waals surface area (Å²) in [6.45, 7) is 3.70. The molecule has 1 amide bonds. The number of amides is 1. The molecule has 0 saturated heterocycles. The van der Waals surface area contributed by atoms with Crippen LogP contribution < -0.4 is 23.8 Å². The van der Waals surface area contributed by atoms with Crippen molar-refractivity contribution >= 4 is 33.3 Å². The van der Waals surface area contributed by atoms with Crippen molar-refractivity contribution in [1.82, 2.24) is 0 Å². The van der Waals surface area contributed by atoms with Crippen LogP contribution in [0.2, 0.25) is 0 Å². The number of fused-ring (bicyclic) bond motifs is 1. The fourth-order valence-corrected chi connectivity index (χ4v) is 5.04. The lowest BCUT2D eigenvalue weighted by atomic mass is 10.2. The van der Waals surface area contributed by atoms with E-state index in [0.29, 0.717) is 40.8 Å². The third kappa shape index (κ3) is 6.00. The zero-order valence-electron chi connectivity index (χ0n) is 21.2. The van der Waals surface area contributed by atoms with Crippen LogP contribution in [0, 0.1) is 6.92 Å². The maximum Gasteiger partial charge on any atom is 0.348 e. The van der Waals surface area contributed by atoms with Gasteiger partial charge in [0.2, 0.25) is 6.10 Å². The van der Waals surface area contributed by atoms with E-state index in [-0.39, 0.29) is 18.0 Å². The van der Waals surface area contributed by atoms with Crippen LogP contribution in [-0.4, -0.2) is 53.3 Å². The summed E-state index contributed by atoms with van der Waals surface area (Å²) in [7, 11) is -2.60. The van der Waals surface area contributed by atoms with Crippen molar-refractivity contribution in [2.45, 2.75) is 24.8 Å². The number of nitrogens with zero attached hydrogens (tertiary/aromatic N) is 1. The number of para-hydroxylation sites is 2. The zero-order chi connectivity index (χ0) is 27.3. The molecule has 0 aromatic heterocycles. The lowest BCUT2D eigenvalue weighted by Crippen LogP contribution is -2.48. The molecule has 38 heavy (non-hydrogen) atoms. The Morgan fingerprint density at radius 2 is 1.79 bits per heavy atom. The van der Waals surface area contributed by atoms with Gasteiger partial charge in [-0.15, -0.1) is 0 Å². The highest BCUT2D eigenvalue weighted by Crippen LogP contribution is 2.33. The van der Waals surface area contributed by atoms with E-state index >= 15 is 0 Å². The molecule has 10 nitrogen and oxygen atoms in total. The molecule has 0 spiro atoms. The van der Waals surface area contributed by atoms with E-state index in [0.717, 1.165) is 0 Å². The van der Waals surface area contributed by atoms with Crippen LogP contribution >= 0.6 is 0 Å². The monoisotopic (exact) mass is 540 g/mol. The van der Waals surface area contributed by atoms with E-state index in [1.165, 1.54) is 30.2 Å². The van der Waals surface area contributed by atoms with Gasteiger partial charge in [0.15, 0.2) is 6.61 Å². The molecule has 0 aliphatic carbocycles. The molecule has 0 saturated carbocycles. The molecule has 1 unspecified atom stereocenters. The van der Waals surface area contributed by atoms with E-state index < -0.39 is 28.0 Å². The van der Waals surface area contributed by atoms with Crippen molar-refractivity contribution < 1.29 is 37.0 Å². The van der Waals surface area contributed by atoms with Gasteiger partial charge < -0.3 is 23.8 Å². The second kappa shape index (κ2) is 11.4. The normalized spacial score (nSPS) is 14.6. The van der Waals surface area contributed by atoms with E-state index in [4.69, 9.17) is 18.9 Å². The van der Waals surface area contributed by atoms with Gasteiger partial charge in [0, 0.05) is 5.69 Å². The number of sulfonamides is 1. The van der Waals surface area contributed by atoms with Gasteiger partial charge in [-0.25, -0.2) is 13.2 Å². The molecule has 3 aromatic carbocycles. The number of hydrogen-bond donors (Lipinski definition) is 1. The molecule has 1 aliphatic heterocycles. The number of carbonyl (C=O) groups excluding carboxylic acids is 2. The largest absolute Gasteiger partial charge is 0.494 e. The van der Waals surface area contributed by atoms with Crippen LogP contribution in [-0.2, 0) is 24.3 Å². The quantitative estimate of drug-likeness (QED) is 0.409. The van der Waals surface area contributed by atoms with E-state index in [1.807, 2.05) is 6.92 Å². The van der Waals surface area contributed by atoms with Crippen LogP contribution in [0.25, 0.3) is 0 Å². The van der Waals surface area contributed by atoms with Gasteiger partial charge in [0.25, 0.3) is 15.9 Å². The smallest absolute Gasteiger partial charge is 0.348 e. The van der Waals surface area contributed by atoms with E-state index in [9.17, 15) is 18.0 Å². The van der Waals surface area contributed by atoms with Crippen molar-refractivity contribution in [2.75, 3.05) is 36.5 Å². The summed E-state index contributed by atoms with van der Waals surface area (Å²) < 4.78 is 49.9. The van der Waals surface area contributed by atoms with Crippen LogP contribution in [0.15, 0.2) is 71.6 Å². The van der Waals surface area contributed by atoms with Crippen LogP contribution in [0.3, 0.4) is 0 Å². The molecule has 0 fully saturated rings. The first-order valence-corrected chi connectivity index (χ1v) is 13.3. The minimum atomic E-state index is -3.86. The Morgan fingerprint density at radius 3 is 2.47 bits per heavy atom. The summed E-state index contributed by atoms with van der Waals surface area (Å²) in [5, 5.41) is 0. The Labute approximate surface area is 221 Å². The molecule has 0 bridgehead atoms. The average Bonchev–Trinajstić information content (AvgIpc) is 2.92. The molecule has 1 atom stereocenters. The van der Waals surface area contributed by atoms with E-state index in [2.05, 4.69) is 4.72 Å².